The fraction of sp³-hybridized carbons (Fsp3) is 0.929. The van der Waals surface area contributed by atoms with Gasteiger partial charge in [0.2, 0.25) is 0 Å². The summed E-state index contributed by atoms with van der Waals surface area (Å²) in [4.78, 5) is 15.9. The average Bonchev–Trinajstić information content (AvgIpc) is 2.29. The van der Waals surface area contributed by atoms with Crippen LogP contribution in [0.4, 0.5) is 0 Å². The third kappa shape index (κ3) is 3.04. The minimum Gasteiger partial charge on any atom is -0.481 e. The van der Waals surface area contributed by atoms with Crippen molar-refractivity contribution in [3.63, 3.8) is 0 Å². The molecule has 4 heteroatoms. The smallest absolute Gasteiger partial charge is 0.306 e. The van der Waals surface area contributed by atoms with Crippen LogP contribution in [-0.2, 0) is 4.79 Å². The summed E-state index contributed by atoms with van der Waals surface area (Å²) in [6.45, 7) is 9.72. The second-order valence-electron chi connectivity index (χ2n) is 5.91. The molecule has 1 unspecified atom stereocenters. The van der Waals surface area contributed by atoms with Crippen LogP contribution in [0, 0.1) is 11.8 Å². The first-order valence-corrected chi connectivity index (χ1v) is 7.31. The number of rotatable bonds is 5. The van der Waals surface area contributed by atoms with E-state index in [9.17, 15) is 4.79 Å². The summed E-state index contributed by atoms with van der Waals surface area (Å²) in [7, 11) is 0. The molecule has 0 bridgehead atoms. The van der Waals surface area contributed by atoms with Gasteiger partial charge in [-0.2, -0.15) is 0 Å². The molecule has 1 atom stereocenters. The molecule has 2 saturated heterocycles. The topological polar surface area (TPSA) is 43.8 Å². The van der Waals surface area contributed by atoms with Crippen molar-refractivity contribution >= 4 is 5.97 Å². The number of hydrogen-bond donors (Lipinski definition) is 1. The Balaban J connectivity index is 1.69. The highest BCUT2D eigenvalue weighted by molar-refractivity contribution is 5.70. The van der Waals surface area contributed by atoms with Gasteiger partial charge in [-0.15, -0.1) is 0 Å². The van der Waals surface area contributed by atoms with Gasteiger partial charge in [0.25, 0.3) is 0 Å². The summed E-state index contributed by atoms with van der Waals surface area (Å²) < 4.78 is 0. The molecule has 0 saturated carbocycles. The third-order valence-electron chi connectivity index (χ3n) is 4.65. The summed E-state index contributed by atoms with van der Waals surface area (Å²) in [6.07, 6.45) is 3.76. The predicted molar refractivity (Wildman–Crippen MR) is 71.6 cm³/mol. The second-order valence-corrected chi connectivity index (χ2v) is 5.91. The Bertz CT molecular complexity index is 282. The van der Waals surface area contributed by atoms with Crippen molar-refractivity contribution in [3.05, 3.63) is 0 Å². The molecule has 0 aromatic rings. The van der Waals surface area contributed by atoms with Crippen LogP contribution in [0.1, 0.15) is 33.1 Å². The van der Waals surface area contributed by atoms with Gasteiger partial charge in [0.1, 0.15) is 0 Å². The first kappa shape index (κ1) is 13.8. The maximum absolute atomic E-state index is 10.9. The molecule has 2 rings (SSSR count). The van der Waals surface area contributed by atoms with Gasteiger partial charge in [-0.3, -0.25) is 9.69 Å². The second kappa shape index (κ2) is 6.02. The van der Waals surface area contributed by atoms with Crippen molar-refractivity contribution in [2.45, 2.75) is 39.2 Å². The number of likely N-dealkylation sites (tertiary alicyclic amines) is 2. The normalized spacial score (nSPS) is 25.9. The lowest BCUT2D eigenvalue weighted by Gasteiger charge is -2.48. The molecule has 0 aromatic carbocycles. The largest absolute Gasteiger partial charge is 0.481 e. The summed E-state index contributed by atoms with van der Waals surface area (Å²) in [5.74, 6) is -0.449. The monoisotopic (exact) mass is 254 g/mol. The first-order chi connectivity index (χ1) is 8.61. The Morgan fingerprint density at radius 1 is 1.33 bits per heavy atom. The van der Waals surface area contributed by atoms with E-state index < -0.39 is 5.97 Å². The van der Waals surface area contributed by atoms with Crippen LogP contribution < -0.4 is 0 Å². The maximum atomic E-state index is 10.9. The SMILES string of the molecule is CCCN1CCC(N2CC(C(C)C(=O)O)C2)CC1. The minimum atomic E-state index is -0.641. The lowest BCUT2D eigenvalue weighted by Crippen LogP contribution is -2.57. The first-order valence-electron chi connectivity index (χ1n) is 7.31. The van der Waals surface area contributed by atoms with Gasteiger partial charge in [0.05, 0.1) is 5.92 Å². The number of hydrogen-bond acceptors (Lipinski definition) is 3. The number of nitrogens with zero attached hydrogens (tertiary/aromatic N) is 2. The van der Waals surface area contributed by atoms with Crippen molar-refractivity contribution in [2.24, 2.45) is 11.8 Å². The highest BCUT2D eigenvalue weighted by atomic mass is 16.4. The molecule has 0 amide bonds. The number of carbonyl (C=O) groups is 1. The lowest BCUT2D eigenvalue weighted by molar-refractivity contribution is -0.146. The van der Waals surface area contributed by atoms with Crippen molar-refractivity contribution in [3.8, 4) is 0 Å². The number of piperidine rings is 1. The van der Waals surface area contributed by atoms with Gasteiger partial charge < -0.3 is 10.0 Å². The van der Waals surface area contributed by atoms with E-state index in [1.54, 1.807) is 0 Å². The Morgan fingerprint density at radius 2 is 1.94 bits per heavy atom. The molecule has 0 radical (unpaired) electrons. The third-order valence-corrected chi connectivity index (χ3v) is 4.65. The van der Waals surface area contributed by atoms with Gasteiger partial charge in [-0.1, -0.05) is 13.8 Å². The average molecular weight is 254 g/mol. The van der Waals surface area contributed by atoms with E-state index in [-0.39, 0.29) is 5.92 Å². The molecule has 1 N–H and O–H groups in total. The maximum Gasteiger partial charge on any atom is 0.306 e. The van der Waals surface area contributed by atoms with Crippen LogP contribution in [0.5, 0.6) is 0 Å². The van der Waals surface area contributed by atoms with Gasteiger partial charge in [0, 0.05) is 19.1 Å². The van der Waals surface area contributed by atoms with Crippen LogP contribution in [0.25, 0.3) is 0 Å². The molecule has 104 valence electrons. The van der Waals surface area contributed by atoms with E-state index in [2.05, 4.69) is 16.7 Å². The zero-order valence-electron chi connectivity index (χ0n) is 11.6. The highest BCUT2D eigenvalue weighted by Gasteiger charge is 2.38. The molecule has 0 aromatic heterocycles. The molecule has 2 aliphatic heterocycles. The molecule has 2 fully saturated rings. The Hall–Kier alpha value is -0.610. The van der Waals surface area contributed by atoms with Gasteiger partial charge in [0.15, 0.2) is 0 Å². The van der Waals surface area contributed by atoms with Crippen molar-refractivity contribution < 1.29 is 9.90 Å². The summed E-state index contributed by atoms with van der Waals surface area (Å²) in [5.41, 5.74) is 0. The quantitative estimate of drug-likeness (QED) is 0.808. The van der Waals surface area contributed by atoms with Crippen LogP contribution >= 0.6 is 0 Å². The van der Waals surface area contributed by atoms with E-state index >= 15 is 0 Å². The standard InChI is InChI=1S/C14H26N2O2/c1-3-6-15-7-4-13(5-8-15)16-9-12(10-16)11(2)14(17)18/h11-13H,3-10H2,1-2H3,(H,17,18). The molecule has 18 heavy (non-hydrogen) atoms. The van der Waals surface area contributed by atoms with Crippen LogP contribution in [0.15, 0.2) is 0 Å². The van der Waals surface area contributed by atoms with Crippen LogP contribution in [0.2, 0.25) is 0 Å². The van der Waals surface area contributed by atoms with Crippen molar-refractivity contribution in [1.29, 1.82) is 0 Å². The number of aliphatic carboxylic acids is 1. The summed E-state index contributed by atoms with van der Waals surface area (Å²) >= 11 is 0. The lowest BCUT2D eigenvalue weighted by atomic mass is 9.84. The van der Waals surface area contributed by atoms with E-state index in [0.29, 0.717) is 12.0 Å². The van der Waals surface area contributed by atoms with E-state index in [1.165, 1.54) is 38.9 Å². The zero-order chi connectivity index (χ0) is 13.1. The van der Waals surface area contributed by atoms with Crippen molar-refractivity contribution in [2.75, 3.05) is 32.7 Å². The van der Waals surface area contributed by atoms with Gasteiger partial charge in [-0.05, 0) is 44.8 Å². The molecule has 0 spiro atoms. The molecular weight excluding hydrogens is 228 g/mol. The fourth-order valence-electron chi connectivity index (χ4n) is 3.19. The van der Waals surface area contributed by atoms with E-state index in [1.807, 2.05) is 6.92 Å². The van der Waals surface area contributed by atoms with E-state index in [0.717, 1.165) is 13.1 Å². The summed E-state index contributed by atoms with van der Waals surface area (Å²) in [5, 5.41) is 8.98. The Kier molecular flexibility index (Phi) is 4.62. The summed E-state index contributed by atoms with van der Waals surface area (Å²) in [6, 6.07) is 0.704. The Morgan fingerprint density at radius 3 is 2.44 bits per heavy atom. The van der Waals surface area contributed by atoms with Crippen LogP contribution in [-0.4, -0.2) is 59.6 Å². The van der Waals surface area contributed by atoms with Gasteiger partial charge >= 0.3 is 5.97 Å². The molecule has 2 aliphatic rings. The minimum absolute atomic E-state index is 0.179. The zero-order valence-corrected chi connectivity index (χ0v) is 11.6. The molecular formula is C14H26N2O2. The number of carboxylic acids is 1. The highest BCUT2D eigenvalue weighted by Crippen LogP contribution is 2.29. The van der Waals surface area contributed by atoms with Crippen LogP contribution in [0.3, 0.4) is 0 Å². The van der Waals surface area contributed by atoms with Crippen molar-refractivity contribution in [1.82, 2.24) is 9.80 Å². The van der Waals surface area contributed by atoms with Gasteiger partial charge in [-0.25, -0.2) is 0 Å². The van der Waals surface area contributed by atoms with E-state index in [4.69, 9.17) is 5.11 Å². The Labute approximate surface area is 110 Å². The molecule has 0 aliphatic carbocycles. The number of carboxylic acid groups (broad SMARTS) is 1. The molecule has 4 nitrogen and oxygen atoms in total. The molecule has 2 heterocycles. The predicted octanol–water partition coefficient (Wildman–Crippen LogP) is 1.51. The fourth-order valence-corrected chi connectivity index (χ4v) is 3.19.